The number of rotatable bonds is 2. The van der Waals surface area contributed by atoms with Crippen molar-refractivity contribution in [3.63, 3.8) is 0 Å². The highest BCUT2D eigenvalue weighted by molar-refractivity contribution is 7.50. The largest absolute Gasteiger partial charge is 0.649 e. The smallest absolute Gasteiger partial charge is 0.382 e. The van der Waals surface area contributed by atoms with Crippen LogP contribution >= 0.6 is 7.82 Å². The monoisotopic (exact) mass is 357 g/mol. The molecule has 1 unspecified atom stereocenters. The van der Waals surface area contributed by atoms with Crippen LogP contribution in [0.2, 0.25) is 0 Å². The maximum absolute atomic E-state index is 14.2. The van der Waals surface area contributed by atoms with Crippen molar-refractivity contribution >= 4 is 13.5 Å². The predicted molar refractivity (Wildman–Crippen MR) is 84.1 cm³/mol. The van der Waals surface area contributed by atoms with Crippen LogP contribution in [0.3, 0.4) is 0 Å². The first-order valence-electron chi connectivity index (χ1n) is 7.45. The number of halogens is 1. The summed E-state index contributed by atoms with van der Waals surface area (Å²) >= 11 is 0. The molecule has 3 aromatic rings. The Balaban J connectivity index is 1.49. The van der Waals surface area contributed by atoms with Crippen LogP contribution in [0.25, 0.3) is 5.65 Å². The number of nitrogens with zero attached hydrogens (tertiary/aromatic N) is 3. The molecule has 9 heteroatoms. The van der Waals surface area contributed by atoms with Crippen LogP contribution in [0.4, 0.5) is 4.39 Å². The molecule has 0 saturated heterocycles. The molecule has 1 atom stereocenters. The molecule has 5 rings (SSSR count). The first-order valence-corrected chi connectivity index (χ1v) is 8.92. The van der Waals surface area contributed by atoms with Crippen molar-refractivity contribution in [1.29, 1.82) is 0 Å². The standard InChI is InChI=1S/C16H9FN3O4P/c17-14-12-9-13-19-11(7-2-1-5-10-6-3-4-8-18-10)15-20(13)16(14)24-25(21,22-12)23-15/h3-4,6,8-9H,2,7H2. The Morgan fingerprint density at radius 2 is 2.12 bits per heavy atom. The number of hydrogen-bond donors (Lipinski definition) is 0. The van der Waals surface area contributed by atoms with E-state index >= 15 is 0 Å². The second-order valence-corrected chi connectivity index (χ2v) is 6.86. The zero-order valence-corrected chi connectivity index (χ0v) is 13.5. The first-order chi connectivity index (χ1) is 12.1. The number of hydrogen-bond acceptors (Lipinski definition) is 6. The fourth-order valence-corrected chi connectivity index (χ4v) is 3.97. The Morgan fingerprint density at radius 1 is 1.24 bits per heavy atom. The minimum atomic E-state index is -3.90. The van der Waals surface area contributed by atoms with E-state index in [1.807, 2.05) is 18.2 Å². The summed E-state index contributed by atoms with van der Waals surface area (Å²) in [5.41, 5.74) is 1.59. The van der Waals surface area contributed by atoms with E-state index < -0.39 is 13.6 Å². The molecule has 2 aliphatic rings. The minimum absolute atomic E-state index is 0.171. The number of aryl methyl sites for hydroxylation is 1. The summed E-state index contributed by atoms with van der Waals surface area (Å²) in [7, 11) is -3.90. The number of phosphoric ester groups is 1. The highest BCUT2D eigenvalue weighted by Crippen LogP contribution is 2.60. The molecule has 0 amide bonds. The lowest BCUT2D eigenvalue weighted by atomic mass is 10.2. The third-order valence-electron chi connectivity index (χ3n) is 3.77. The van der Waals surface area contributed by atoms with E-state index in [1.165, 1.54) is 10.5 Å². The fourth-order valence-electron chi connectivity index (χ4n) is 2.71. The molecule has 3 bridgehead atoms. The van der Waals surface area contributed by atoms with Gasteiger partial charge in [-0.15, -0.1) is 0 Å². The van der Waals surface area contributed by atoms with Gasteiger partial charge < -0.3 is 13.6 Å². The molecule has 0 aliphatic carbocycles. The molecule has 124 valence electrons. The van der Waals surface area contributed by atoms with E-state index in [9.17, 15) is 8.96 Å². The molecule has 7 nitrogen and oxygen atoms in total. The fraction of sp³-hybridized carbons (Fsp3) is 0.125. The number of imidazole rings is 1. The summed E-state index contributed by atoms with van der Waals surface area (Å²) in [6.45, 7) is 0. The van der Waals surface area contributed by atoms with Gasteiger partial charge in [0.1, 0.15) is 17.0 Å². The van der Waals surface area contributed by atoms with E-state index in [2.05, 4.69) is 21.8 Å². The van der Waals surface area contributed by atoms with Gasteiger partial charge in [-0.1, -0.05) is 12.0 Å². The van der Waals surface area contributed by atoms with Crippen molar-refractivity contribution in [2.45, 2.75) is 12.8 Å². The minimum Gasteiger partial charge on any atom is -0.382 e. The first kappa shape index (κ1) is 14.3. The molecular formula is C16H9FN3O4P. The van der Waals surface area contributed by atoms with Gasteiger partial charge in [-0.3, -0.25) is 0 Å². The van der Waals surface area contributed by atoms with Crippen molar-refractivity contribution < 1.29 is 22.5 Å². The van der Waals surface area contributed by atoms with Crippen molar-refractivity contribution in [1.82, 2.24) is 14.4 Å². The summed E-state index contributed by atoms with van der Waals surface area (Å²) in [6.07, 6.45) is 2.59. The van der Waals surface area contributed by atoms with Gasteiger partial charge in [0.2, 0.25) is 11.7 Å². The summed E-state index contributed by atoms with van der Waals surface area (Å²) in [6, 6.07) is 6.87. The lowest BCUT2D eigenvalue weighted by molar-refractivity contribution is 0.237. The number of pyridine rings is 2. The van der Waals surface area contributed by atoms with Gasteiger partial charge in [-0.2, -0.15) is 8.96 Å². The predicted octanol–water partition coefficient (Wildman–Crippen LogP) is 3.12. The van der Waals surface area contributed by atoms with E-state index in [4.69, 9.17) is 13.6 Å². The Kier molecular flexibility index (Phi) is 2.85. The van der Waals surface area contributed by atoms with Crippen LogP contribution in [0.15, 0.2) is 30.5 Å². The molecule has 0 N–H and O–H groups in total. The van der Waals surface area contributed by atoms with Crippen molar-refractivity contribution in [2.24, 2.45) is 0 Å². The zero-order valence-electron chi connectivity index (χ0n) is 12.6. The lowest BCUT2D eigenvalue weighted by Gasteiger charge is -2.28. The Morgan fingerprint density at radius 3 is 2.96 bits per heavy atom. The number of phosphoric acid groups is 1. The number of aromatic nitrogens is 3. The van der Waals surface area contributed by atoms with Crippen LogP contribution in [0, 0.1) is 17.7 Å². The van der Waals surface area contributed by atoms with E-state index in [0.717, 1.165) is 0 Å². The van der Waals surface area contributed by atoms with Crippen LogP contribution in [0.1, 0.15) is 17.8 Å². The highest BCUT2D eigenvalue weighted by atomic mass is 31.2. The molecular weight excluding hydrogens is 348 g/mol. The maximum Gasteiger partial charge on any atom is 0.649 e. The van der Waals surface area contributed by atoms with E-state index in [-0.39, 0.29) is 17.5 Å². The SMILES string of the molecule is O=P12Oc3cc4nc(CCC#Cc5ccccn5)c(n4c(c3F)O1)O2. The third-order valence-corrected chi connectivity index (χ3v) is 4.98. The zero-order chi connectivity index (χ0) is 17.0. The van der Waals surface area contributed by atoms with E-state index in [0.29, 0.717) is 29.9 Å². The maximum atomic E-state index is 14.2. The molecule has 0 fully saturated rings. The topological polar surface area (TPSA) is 75.0 Å². The lowest BCUT2D eigenvalue weighted by Crippen LogP contribution is -2.21. The van der Waals surface area contributed by atoms with Gasteiger partial charge in [0, 0.05) is 25.1 Å². The molecule has 2 aliphatic heterocycles. The van der Waals surface area contributed by atoms with Gasteiger partial charge in [-0.25, -0.2) is 14.4 Å². The van der Waals surface area contributed by atoms with Crippen molar-refractivity contribution in [3.05, 3.63) is 47.7 Å². The molecule has 0 aromatic carbocycles. The van der Waals surface area contributed by atoms with Crippen molar-refractivity contribution in [3.8, 4) is 29.4 Å². The molecule has 25 heavy (non-hydrogen) atoms. The quantitative estimate of drug-likeness (QED) is 0.518. The van der Waals surface area contributed by atoms with Gasteiger partial charge in [-0.05, 0) is 18.1 Å². The van der Waals surface area contributed by atoms with Gasteiger partial charge in [0.15, 0.2) is 5.75 Å². The Bertz CT molecular complexity index is 1130. The third kappa shape index (κ3) is 2.17. The van der Waals surface area contributed by atoms with E-state index in [1.54, 1.807) is 6.20 Å². The van der Waals surface area contributed by atoms with Gasteiger partial charge in [0.05, 0.1) is 0 Å². The van der Waals surface area contributed by atoms with Gasteiger partial charge in [0.25, 0.3) is 5.88 Å². The van der Waals surface area contributed by atoms with Crippen LogP contribution < -0.4 is 13.6 Å². The summed E-state index contributed by atoms with van der Waals surface area (Å²) in [5.74, 6) is 5.02. The molecule has 5 heterocycles. The van der Waals surface area contributed by atoms with Crippen LogP contribution in [-0.2, 0) is 11.0 Å². The second-order valence-electron chi connectivity index (χ2n) is 5.42. The normalized spacial score (nSPS) is 19.1. The average Bonchev–Trinajstić information content (AvgIpc) is 2.94. The highest BCUT2D eigenvalue weighted by Gasteiger charge is 2.47. The number of fused-ring (bicyclic) bond motifs is 2. The van der Waals surface area contributed by atoms with Gasteiger partial charge >= 0.3 is 7.82 Å². The second kappa shape index (κ2) is 4.98. The Hall–Kier alpha value is -3.04. The van der Waals surface area contributed by atoms with Crippen LogP contribution in [0.5, 0.6) is 17.5 Å². The molecule has 0 saturated carbocycles. The summed E-state index contributed by atoms with van der Waals surface area (Å²) in [5, 5.41) is 0. The Labute approximate surface area is 141 Å². The summed E-state index contributed by atoms with van der Waals surface area (Å²) < 4.78 is 43.3. The average molecular weight is 357 g/mol. The molecule has 0 spiro atoms. The van der Waals surface area contributed by atoms with Crippen LogP contribution in [-0.4, -0.2) is 14.4 Å². The van der Waals surface area contributed by atoms with Crippen molar-refractivity contribution in [2.75, 3.05) is 0 Å². The molecule has 0 radical (unpaired) electrons. The summed E-state index contributed by atoms with van der Waals surface area (Å²) in [4.78, 5) is 8.51. The molecule has 3 aromatic heterocycles.